The normalized spacial score (nSPS) is 18.1. The zero-order chi connectivity index (χ0) is 13.3. The molecule has 20 heavy (non-hydrogen) atoms. The van der Waals surface area contributed by atoms with Crippen LogP contribution in [0.2, 0.25) is 18.6 Å². The number of rotatable bonds is 4. The van der Waals surface area contributed by atoms with E-state index < -0.39 is 8.80 Å². The number of allylic oxidation sites excluding steroid dienone is 3. The van der Waals surface area contributed by atoms with Gasteiger partial charge in [0, 0.05) is 8.80 Å². The molecule has 1 nitrogen and oxygen atoms in total. The van der Waals surface area contributed by atoms with Gasteiger partial charge < -0.3 is 30.1 Å². The van der Waals surface area contributed by atoms with E-state index in [1.54, 1.807) is 0 Å². The molecule has 1 aliphatic rings. The van der Waals surface area contributed by atoms with E-state index >= 15 is 0 Å². The van der Waals surface area contributed by atoms with Gasteiger partial charge in [0.1, 0.15) is 0 Å². The van der Waals surface area contributed by atoms with Crippen molar-refractivity contribution in [1.82, 2.24) is 0 Å². The average molecular weight is 500 g/mol. The predicted molar refractivity (Wildman–Crippen MR) is 81.4 cm³/mol. The summed E-state index contributed by atoms with van der Waals surface area (Å²) < 4.78 is 0. The van der Waals surface area contributed by atoms with Crippen LogP contribution in [-0.4, -0.2) is 14.3 Å². The van der Waals surface area contributed by atoms with Crippen LogP contribution in [0.1, 0.15) is 41.0 Å². The Morgan fingerprint density at radius 2 is 1.65 bits per heavy atom. The summed E-state index contributed by atoms with van der Waals surface area (Å²) in [5, 5.41) is 5.13. The Morgan fingerprint density at radius 1 is 1.15 bits per heavy atom. The molecule has 0 aromatic rings. The summed E-state index contributed by atoms with van der Waals surface area (Å²) in [6.07, 6.45) is 7.50. The van der Waals surface area contributed by atoms with E-state index in [0.717, 1.165) is 6.42 Å². The molecule has 0 N–H and O–H groups in total. The zero-order valence-electron chi connectivity index (χ0n) is 13.8. The van der Waals surface area contributed by atoms with Crippen molar-refractivity contribution in [3.05, 3.63) is 29.2 Å². The topological polar surface area (TPSA) is 14.1 Å². The number of halogens is 2. The van der Waals surface area contributed by atoms with Gasteiger partial charge in [-0.1, -0.05) is 71.5 Å². The van der Waals surface area contributed by atoms with Crippen LogP contribution < -0.4 is 24.8 Å². The van der Waals surface area contributed by atoms with Gasteiger partial charge >= 0.3 is 25.8 Å². The summed E-state index contributed by atoms with van der Waals surface area (Å²) in [5.74, 6) is 0. The Labute approximate surface area is 158 Å². The van der Waals surface area contributed by atoms with Crippen LogP contribution in [0.4, 0.5) is 0 Å². The molecule has 115 valence electrons. The first-order chi connectivity index (χ1) is 7.68. The van der Waals surface area contributed by atoms with Crippen LogP contribution in [0.5, 0.6) is 0 Å². The van der Waals surface area contributed by atoms with Crippen LogP contribution in [0.15, 0.2) is 23.9 Å². The van der Waals surface area contributed by atoms with E-state index in [0.29, 0.717) is 5.54 Å². The monoisotopic (exact) mass is 500 g/mol. The number of hydrogen-bond acceptors (Lipinski definition) is 0. The number of nitrogens with zero attached hydrogens (tertiary/aromatic N) is 1. The standard InChI is InChI=1S/C15H28NSi.2ClH.Hf/c1-12(17(6)7)15(5,14(2,3)4)16-13-10-8-9-11-13;;;/h8-10,12,17H,11H2,1-7H3;2*1H;/q-1;;;+3/p-2. The Bertz CT molecular complexity index is 337. The molecule has 5 heteroatoms. The van der Waals surface area contributed by atoms with E-state index in [-0.39, 0.29) is 61.6 Å². The molecule has 0 fully saturated rings. The second kappa shape index (κ2) is 9.86. The molecule has 0 aliphatic heterocycles. The molecule has 0 saturated heterocycles. The first-order valence-electron chi connectivity index (χ1n) is 6.77. The summed E-state index contributed by atoms with van der Waals surface area (Å²) in [6, 6.07) is 0. The molecule has 0 aromatic carbocycles. The Hall–Kier alpha value is 0.947. The fraction of sp³-hybridized carbons (Fsp3) is 0.733. The molecule has 0 saturated carbocycles. The van der Waals surface area contributed by atoms with Gasteiger partial charge in [0.15, 0.2) is 0 Å². The smallest absolute Gasteiger partial charge is 1.00 e. The first-order valence-corrected chi connectivity index (χ1v) is 9.74. The molecule has 0 bridgehead atoms. The molecular formula is C15H28Cl2HfNSi. The quantitative estimate of drug-likeness (QED) is 0.436. The molecule has 1 aliphatic carbocycles. The molecule has 0 spiro atoms. The van der Waals surface area contributed by atoms with Crippen molar-refractivity contribution in [2.24, 2.45) is 5.41 Å². The van der Waals surface area contributed by atoms with Crippen molar-refractivity contribution in [3.63, 3.8) is 0 Å². The van der Waals surface area contributed by atoms with Crippen LogP contribution in [0, 0.1) is 5.41 Å². The van der Waals surface area contributed by atoms with Crippen molar-refractivity contribution < 1.29 is 50.7 Å². The van der Waals surface area contributed by atoms with Gasteiger partial charge in [0.05, 0.1) is 0 Å². The second-order valence-corrected chi connectivity index (χ2v) is 10.3. The van der Waals surface area contributed by atoms with Crippen molar-refractivity contribution in [1.29, 1.82) is 0 Å². The van der Waals surface area contributed by atoms with Gasteiger partial charge in [0.25, 0.3) is 0 Å². The van der Waals surface area contributed by atoms with Gasteiger partial charge in [-0.05, 0) is 11.8 Å². The van der Waals surface area contributed by atoms with E-state index in [4.69, 9.17) is 5.32 Å². The maximum atomic E-state index is 5.13. The van der Waals surface area contributed by atoms with Gasteiger partial charge in [-0.25, -0.2) is 0 Å². The van der Waals surface area contributed by atoms with E-state index in [1.165, 1.54) is 5.70 Å². The molecule has 2 unspecified atom stereocenters. The second-order valence-electron chi connectivity index (χ2n) is 6.83. The fourth-order valence-electron chi connectivity index (χ4n) is 2.42. The third-order valence-electron chi connectivity index (χ3n) is 4.53. The van der Waals surface area contributed by atoms with E-state index in [1.807, 2.05) is 0 Å². The summed E-state index contributed by atoms with van der Waals surface area (Å²) in [7, 11) is -0.691. The minimum atomic E-state index is -0.691. The first kappa shape index (κ1) is 25.9. The molecule has 2 atom stereocenters. The fourth-order valence-corrected chi connectivity index (χ4v) is 4.29. The zero-order valence-corrected chi connectivity index (χ0v) is 20.1. The van der Waals surface area contributed by atoms with Crippen LogP contribution in [0.25, 0.3) is 5.32 Å². The SMILES string of the molecule is CC([SiH](C)C)C(C)([N-]C1=CC=CC1)C(C)(C)C.[Cl-].[Cl-].[Hf+3]. The largest absolute Gasteiger partial charge is 3.00 e. The Balaban J connectivity index is -0.000000963. The molecular weight excluding hydrogens is 472 g/mol. The minimum absolute atomic E-state index is 0. The van der Waals surface area contributed by atoms with E-state index in [2.05, 4.69) is 65.9 Å². The third kappa shape index (κ3) is 5.98. The molecule has 1 rings (SSSR count). The maximum Gasteiger partial charge on any atom is 3.00 e. The molecule has 0 heterocycles. The van der Waals surface area contributed by atoms with Gasteiger partial charge in [-0.15, -0.1) is 5.54 Å². The summed E-state index contributed by atoms with van der Waals surface area (Å²) in [5.41, 5.74) is 2.24. The van der Waals surface area contributed by atoms with Crippen molar-refractivity contribution >= 4 is 8.80 Å². The molecule has 0 amide bonds. The van der Waals surface area contributed by atoms with Crippen LogP contribution >= 0.6 is 0 Å². The van der Waals surface area contributed by atoms with Crippen molar-refractivity contribution in [2.45, 2.75) is 65.2 Å². The average Bonchev–Trinajstić information content (AvgIpc) is 2.67. The van der Waals surface area contributed by atoms with E-state index in [9.17, 15) is 0 Å². The molecule has 1 radical (unpaired) electrons. The summed E-state index contributed by atoms with van der Waals surface area (Å²) in [6.45, 7) is 16.6. The third-order valence-corrected chi connectivity index (χ3v) is 7.18. The maximum absolute atomic E-state index is 5.13. The van der Waals surface area contributed by atoms with Gasteiger partial charge in [0.2, 0.25) is 0 Å². The van der Waals surface area contributed by atoms with Crippen molar-refractivity contribution in [2.75, 3.05) is 0 Å². The Morgan fingerprint density at radius 3 is 1.95 bits per heavy atom. The minimum Gasteiger partial charge on any atom is -1.00 e. The summed E-state index contributed by atoms with van der Waals surface area (Å²) >= 11 is 0. The van der Waals surface area contributed by atoms with Crippen LogP contribution in [-0.2, 0) is 25.8 Å². The van der Waals surface area contributed by atoms with Crippen molar-refractivity contribution in [3.8, 4) is 0 Å². The number of hydrogen-bond donors (Lipinski definition) is 0. The van der Waals surface area contributed by atoms with Crippen LogP contribution in [0.3, 0.4) is 0 Å². The molecule has 0 aromatic heterocycles. The Kier molecular flexibility index (Phi) is 12.8. The summed E-state index contributed by atoms with van der Waals surface area (Å²) in [4.78, 5) is 0. The van der Waals surface area contributed by atoms with Gasteiger partial charge in [-0.3, -0.25) is 0 Å². The predicted octanol–water partition coefficient (Wildman–Crippen LogP) is -1.11. The van der Waals surface area contributed by atoms with Gasteiger partial charge in [-0.2, -0.15) is 5.70 Å².